The van der Waals surface area contributed by atoms with Gasteiger partial charge in [-0.3, -0.25) is 0 Å². The number of amides is 2. The first-order valence-electron chi connectivity index (χ1n) is 8.87. The van der Waals surface area contributed by atoms with Crippen molar-refractivity contribution in [3.05, 3.63) is 63.6 Å². The van der Waals surface area contributed by atoms with Crippen molar-refractivity contribution in [3.8, 4) is 0 Å². The highest BCUT2D eigenvalue weighted by molar-refractivity contribution is 9.10. The van der Waals surface area contributed by atoms with Crippen molar-refractivity contribution >= 4 is 27.6 Å². The third kappa shape index (κ3) is 6.20. The molecule has 0 spiro atoms. The van der Waals surface area contributed by atoms with Gasteiger partial charge in [0.15, 0.2) is 0 Å². The monoisotopic (exact) mass is 402 g/mol. The van der Waals surface area contributed by atoms with Gasteiger partial charge in [0.1, 0.15) is 0 Å². The molecule has 2 rings (SSSR count). The molecule has 0 heterocycles. The summed E-state index contributed by atoms with van der Waals surface area (Å²) in [4.78, 5) is 14.7. The Morgan fingerprint density at radius 2 is 1.80 bits per heavy atom. The van der Waals surface area contributed by atoms with E-state index < -0.39 is 0 Å². The highest BCUT2D eigenvalue weighted by Gasteiger charge is 2.14. The summed E-state index contributed by atoms with van der Waals surface area (Å²) in [6.07, 6.45) is 2.95. The molecule has 3 nitrogen and oxygen atoms in total. The molecule has 25 heavy (non-hydrogen) atoms. The van der Waals surface area contributed by atoms with Gasteiger partial charge in [-0.15, -0.1) is 0 Å². The number of benzene rings is 2. The van der Waals surface area contributed by atoms with Crippen LogP contribution < -0.4 is 5.32 Å². The average Bonchev–Trinajstić information content (AvgIpc) is 2.59. The van der Waals surface area contributed by atoms with Crippen molar-refractivity contribution in [3.63, 3.8) is 0 Å². The van der Waals surface area contributed by atoms with Crippen LogP contribution in [0.5, 0.6) is 0 Å². The van der Waals surface area contributed by atoms with E-state index in [-0.39, 0.29) is 6.03 Å². The van der Waals surface area contributed by atoms with Crippen LogP contribution in [0.25, 0.3) is 0 Å². The Bertz CT molecular complexity index is 698. The molecule has 0 saturated carbocycles. The number of carbonyl (C=O) groups is 1. The lowest BCUT2D eigenvalue weighted by atomic mass is 10.1. The number of rotatable bonds is 7. The van der Waals surface area contributed by atoms with Gasteiger partial charge in [0, 0.05) is 23.2 Å². The first-order valence-corrected chi connectivity index (χ1v) is 9.66. The second kappa shape index (κ2) is 9.62. The summed E-state index contributed by atoms with van der Waals surface area (Å²) in [7, 11) is 0. The smallest absolute Gasteiger partial charge is 0.321 e. The summed E-state index contributed by atoms with van der Waals surface area (Å²) in [6.45, 7) is 7.74. The summed E-state index contributed by atoms with van der Waals surface area (Å²) >= 11 is 3.46. The largest absolute Gasteiger partial charge is 0.324 e. The number of urea groups is 1. The van der Waals surface area contributed by atoms with E-state index in [1.54, 1.807) is 0 Å². The van der Waals surface area contributed by atoms with Crippen LogP contribution in [0.1, 0.15) is 36.5 Å². The molecule has 134 valence electrons. The van der Waals surface area contributed by atoms with Crippen LogP contribution in [-0.2, 0) is 6.42 Å². The summed E-state index contributed by atoms with van der Waals surface area (Å²) in [5.41, 5.74) is 4.43. The Morgan fingerprint density at radius 1 is 1.08 bits per heavy atom. The highest BCUT2D eigenvalue weighted by atomic mass is 79.9. The molecule has 0 aliphatic rings. The summed E-state index contributed by atoms with van der Waals surface area (Å²) in [5, 5.41) is 3.07. The molecule has 2 aromatic carbocycles. The van der Waals surface area contributed by atoms with E-state index in [4.69, 9.17) is 0 Å². The second-order valence-corrected chi connectivity index (χ2v) is 7.38. The van der Waals surface area contributed by atoms with Gasteiger partial charge in [-0.05, 0) is 56.0 Å². The number of halogens is 1. The van der Waals surface area contributed by atoms with E-state index in [0.29, 0.717) is 0 Å². The third-order valence-electron chi connectivity index (χ3n) is 4.28. The lowest BCUT2D eigenvalue weighted by molar-refractivity contribution is 0.211. The number of hydrogen-bond donors (Lipinski definition) is 1. The third-order valence-corrected chi connectivity index (χ3v) is 4.80. The average molecular weight is 403 g/mol. The maximum Gasteiger partial charge on any atom is 0.321 e. The Balaban J connectivity index is 2.01. The molecule has 0 atom stereocenters. The molecule has 4 heteroatoms. The number of unbranched alkanes of at least 4 members (excludes halogenated alkanes) is 1. The van der Waals surface area contributed by atoms with Crippen molar-refractivity contribution in [2.45, 2.75) is 40.0 Å². The quantitative estimate of drug-likeness (QED) is 0.609. The summed E-state index contributed by atoms with van der Waals surface area (Å²) in [6, 6.07) is 14.4. The van der Waals surface area contributed by atoms with Crippen LogP contribution >= 0.6 is 15.9 Å². The van der Waals surface area contributed by atoms with E-state index >= 15 is 0 Å². The SMILES string of the molecule is CCCCN(CCc1ccc(Br)cc1)C(=O)Nc1ccc(C)cc1C. The zero-order valence-corrected chi connectivity index (χ0v) is 16.9. The van der Waals surface area contributed by atoms with E-state index in [2.05, 4.69) is 53.3 Å². The Kier molecular flexibility index (Phi) is 7.51. The zero-order valence-electron chi connectivity index (χ0n) is 15.3. The highest BCUT2D eigenvalue weighted by Crippen LogP contribution is 2.17. The van der Waals surface area contributed by atoms with Gasteiger partial charge in [0.05, 0.1) is 0 Å². The van der Waals surface area contributed by atoms with Crippen LogP contribution in [0.3, 0.4) is 0 Å². The van der Waals surface area contributed by atoms with E-state index in [1.165, 1.54) is 11.1 Å². The lowest BCUT2D eigenvalue weighted by Crippen LogP contribution is -2.37. The van der Waals surface area contributed by atoms with Crippen LogP contribution in [0, 0.1) is 13.8 Å². The lowest BCUT2D eigenvalue weighted by Gasteiger charge is -2.23. The number of nitrogens with zero attached hydrogens (tertiary/aromatic N) is 1. The molecule has 0 unspecified atom stereocenters. The van der Waals surface area contributed by atoms with Crippen molar-refractivity contribution in [1.82, 2.24) is 4.90 Å². The molecular formula is C21H27BrN2O. The summed E-state index contributed by atoms with van der Waals surface area (Å²) < 4.78 is 1.08. The minimum atomic E-state index is -0.0162. The van der Waals surface area contributed by atoms with Crippen LogP contribution in [-0.4, -0.2) is 24.0 Å². The van der Waals surface area contributed by atoms with Gasteiger partial charge < -0.3 is 10.2 Å². The fraction of sp³-hybridized carbons (Fsp3) is 0.381. The van der Waals surface area contributed by atoms with Crippen molar-refractivity contribution < 1.29 is 4.79 Å². The van der Waals surface area contributed by atoms with Crippen molar-refractivity contribution in [1.29, 1.82) is 0 Å². The number of hydrogen-bond acceptors (Lipinski definition) is 1. The van der Waals surface area contributed by atoms with Crippen LogP contribution in [0.4, 0.5) is 10.5 Å². The van der Waals surface area contributed by atoms with Gasteiger partial charge in [-0.1, -0.05) is 59.1 Å². The van der Waals surface area contributed by atoms with E-state index in [1.807, 2.05) is 36.1 Å². The molecule has 0 aliphatic heterocycles. The first kappa shape index (κ1) is 19.5. The minimum absolute atomic E-state index is 0.0162. The standard InChI is InChI=1S/C21H27BrN2O/c1-4-5-13-24(14-12-18-7-9-19(22)10-8-18)21(25)23-20-11-6-16(2)15-17(20)3/h6-11,15H,4-5,12-14H2,1-3H3,(H,23,25). The van der Waals surface area contributed by atoms with Gasteiger partial charge >= 0.3 is 6.03 Å². The number of aryl methyl sites for hydroxylation is 2. The Morgan fingerprint density at radius 3 is 2.44 bits per heavy atom. The van der Waals surface area contributed by atoms with Crippen LogP contribution in [0.15, 0.2) is 46.9 Å². The van der Waals surface area contributed by atoms with Crippen LogP contribution in [0.2, 0.25) is 0 Å². The molecule has 0 radical (unpaired) electrons. The van der Waals surface area contributed by atoms with Gasteiger partial charge in [-0.25, -0.2) is 4.79 Å². The fourth-order valence-corrected chi connectivity index (χ4v) is 2.99. The first-order chi connectivity index (χ1) is 12.0. The Hall–Kier alpha value is -1.81. The molecule has 2 amide bonds. The zero-order chi connectivity index (χ0) is 18.2. The molecule has 0 fully saturated rings. The van der Waals surface area contributed by atoms with Gasteiger partial charge in [0.25, 0.3) is 0 Å². The van der Waals surface area contributed by atoms with Crippen molar-refractivity contribution in [2.75, 3.05) is 18.4 Å². The molecule has 0 bridgehead atoms. The molecule has 0 aliphatic carbocycles. The number of anilines is 1. The van der Waals surface area contributed by atoms with E-state index in [9.17, 15) is 4.79 Å². The topological polar surface area (TPSA) is 32.3 Å². The Labute approximate surface area is 159 Å². The predicted molar refractivity (Wildman–Crippen MR) is 109 cm³/mol. The number of nitrogens with one attached hydrogen (secondary N) is 1. The molecule has 0 saturated heterocycles. The maximum absolute atomic E-state index is 12.7. The molecular weight excluding hydrogens is 376 g/mol. The molecule has 1 N–H and O–H groups in total. The number of carbonyl (C=O) groups excluding carboxylic acids is 1. The predicted octanol–water partition coefficient (Wildman–Crippen LogP) is 5.94. The summed E-state index contributed by atoms with van der Waals surface area (Å²) in [5.74, 6) is 0. The normalized spacial score (nSPS) is 10.6. The van der Waals surface area contributed by atoms with Gasteiger partial charge in [-0.2, -0.15) is 0 Å². The van der Waals surface area contributed by atoms with E-state index in [0.717, 1.165) is 48.1 Å². The maximum atomic E-state index is 12.7. The second-order valence-electron chi connectivity index (χ2n) is 6.47. The fourth-order valence-electron chi connectivity index (χ4n) is 2.73. The molecule has 0 aromatic heterocycles. The molecule has 2 aromatic rings. The minimum Gasteiger partial charge on any atom is -0.324 e. The van der Waals surface area contributed by atoms with Gasteiger partial charge in [0.2, 0.25) is 0 Å². The van der Waals surface area contributed by atoms with Crippen molar-refractivity contribution in [2.24, 2.45) is 0 Å².